The van der Waals surface area contributed by atoms with Crippen molar-refractivity contribution in [3.05, 3.63) is 30.2 Å². The third-order valence-electron chi connectivity index (χ3n) is 5.93. The van der Waals surface area contributed by atoms with Crippen molar-refractivity contribution in [2.45, 2.75) is 70.1 Å². The first-order valence-corrected chi connectivity index (χ1v) is 9.60. The first-order valence-electron chi connectivity index (χ1n) is 9.60. The lowest BCUT2D eigenvalue weighted by Gasteiger charge is -2.22. The molecule has 0 aromatic carbocycles. The highest BCUT2D eigenvalue weighted by Crippen LogP contribution is 2.35. The van der Waals surface area contributed by atoms with Crippen molar-refractivity contribution >= 4 is 11.3 Å². The SMILES string of the molecule is c1cn2cc(C3CCCC3)cc(NCCC3CCCCC3)c2n1. The molecule has 124 valence electrons. The minimum Gasteiger partial charge on any atom is -0.382 e. The van der Waals surface area contributed by atoms with E-state index in [0.717, 1.165) is 24.0 Å². The Morgan fingerprint density at radius 3 is 2.65 bits per heavy atom. The van der Waals surface area contributed by atoms with Crippen molar-refractivity contribution in [1.82, 2.24) is 9.38 Å². The predicted molar refractivity (Wildman–Crippen MR) is 96.1 cm³/mol. The molecule has 0 radical (unpaired) electrons. The molecule has 2 fully saturated rings. The Balaban J connectivity index is 1.47. The normalized spacial score (nSPS) is 20.3. The maximum Gasteiger partial charge on any atom is 0.160 e. The van der Waals surface area contributed by atoms with Crippen molar-refractivity contribution in [3.8, 4) is 0 Å². The van der Waals surface area contributed by atoms with E-state index in [0.29, 0.717) is 0 Å². The van der Waals surface area contributed by atoms with Gasteiger partial charge in [0.25, 0.3) is 0 Å². The summed E-state index contributed by atoms with van der Waals surface area (Å²) in [6.45, 7) is 1.08. The van der Waals surface area contributed by atoms with E-state index in [9.17, 15) is 0 Å². The molecule has 0 atom stereocenters. The smallest absolute Gasteiger partial charge is 0.160 e. The second kappa shape index (κ2) is 6.94. The van der Waals surface area contributed by atoms with Gasteiger partial charge in [0.1, 0.15) is 0 Å². The summed E-state index contributed by atoms with van der Waals surface area (Å²) in [6, 6.07) is 2.37. The maximum atomic E-state index is 4.55. The first-order chi connectivity index (χ1) is 11.4. The van der Waals surface area contributed by atoms with Crippen molar-refractivity contribution in [2.24, 2.45) is 5.92 Å². The Labute approximate surface area is 139 Å². The molecule has 0 unspecified atom stereocenters. The average molecular weight is 311 g/mol. The first kappa shape index (κ1) is 15.0. The van der Waals surface area contributed by atoms with Gasteiger partial charge in [0.15, 0.2) is 5.65 Å². The Bertz CT molecular complexity index is 633. The molecule has 2 aromatic rings. The molecule has 2 aromatic heterocycles. The molecule has 1 N–H and O–H groups in total. The Morgan fingerprint density at radius 1 is 1.04 bits per heavy atom. The maximum absolute atomic E-state index is 4.55. The lowest BCUT2D eigenvalue weighted by Crippen LogP contribution is -2.13. The number of imidazole rings is 1. The molecule has 0 amide bonds. The van der Waals surface area contributed by atoms with E-state index >= 15 is 0 Å². The van der Waals surface area contributed by atoms with E-state index in [2.05, 4.69) is 33.2 Å². The molecule has 2 aliphatic rings. The van der Waals surface area contributed by atoms with E-state index in [-0.39, 0.29) is 0 Å². The zero-order valence-electron chi connectivity index (χ0n) is 14.1. The molecular weight excluding hydrogens is 282 g/mol. The molecule has 0 spiro atoms. The van der Waals surface area contributed by atoms with Crippen molar-refractivity contribution in [3.63, 3.8) is 0 Å². The van der Waals surface area contributed by atoms with Crippen LogP contribution in [0.25, 0.3) is 5.65 Å². The minimum absolute atomic E-state index is 0.751. The van der Waals surface area contributed by atoms with E-state index in [4.69, 9.17) is 0 Å². The molecule has 2 saturated carbocycles. The number of hydrogen-bond donors (Lipinski definition) is 1. The fraction of sp³-hybridized carbons (Fsp3) is 0.650. The van der Waals surface area contributed by atoms with Gasteiger partial charge in [-0.2, -0.15) is 0 Å². The number of hydrogen-bond acceptors (Lipinski definition) is 2. The number of pyridine rings is 1. The summed E-state index contributed by atoms with van der Waals surface area (Å²) in [4.78, 5) is 4.55. The molecule has 4 rings (SSSR count). The van der Waals surface area contributed by atoms with Gasteiger partial charge in [-0.05, 0) is 42.7 Å². The third kappa shape index (κ3) is 3.39. The third-order valence-corrected chi connectivity index (χ3v) is 5.93. The summed E-state index contributed by atoms with van der Waals surface area (Å²) in [6.07, 6.45) is 20.3. The van der Waals surface area contributed by atoms with Crippen LogP contribution in [0.2, 0.25) is 0 Å². The largest absolute Gasteiger partial charge is 0.382 e. The molecular formula is C20H29N3. The van der Waals surface area contributed by atoms with Crippen LogP contribution in [0.5, 0.6) is 0 Å². The monoisotopic (exact) mass is 311 g/mol. The highest BCUT2D eigenvalue weighted by atomic mass is 15.0. The summed E-state index contributed by atoms with van der Waals surface area (Å²) in [5.74, 6) is 1.69. The van der Waals surface area contributed by atoms with Gasteiger partial charge in [-0.1, -0.05) is 44.9 Å². The van der Waals surface area contributed by atoms with Crippen LogP contribution in [0.4, 0.5) is 5.69 Å². The zero-order chi connectivity index (χ0) is 15.5. The van der Waals surface area contributed by atoms with Gasteiger partial charge in [0.05, 0.1) is 5.69 Å². The molecule has 0 aliphatic heterocycles. The van der Waals surface area contributed by atoms with Crippen LogP contribution in [0, 0.1) is 5.92 Å². The number of nitrogens with one attached hydrogen (secondary N) is 1. The van der Waals surface area contributed by atoms with Crippen LogP contribution in [0.1, 0.15) is 75.7 Å². The zero-order valence-corrected chi connectivity index (χ0v) is 14.1. The van der Waals surface area contributed by atoms with Gasteiger partial charge in [0, 0.05) is 25.1 Å². The van der Waals surface area contributed by atoms with Crippen LogP contribution >= 0.6 is 0 Å². The van der Waals surface area contributed by atoms with E-state index in [1.807, 2.05) is 6.20 Å². The van der Waals surface area contributed by atoms with E-state index in [1.54, 1.807) is 0 Å². The summed E-state index contributed by atoms with van der Waals surface area (Å²) in [5, 5.41) is 3.70. The molecule has 0 bridgehead atoms. The molecule has 3 heteroatoms. The fourth-order valence-corrected chi connectivity index (χ4v) is 4.55. The Morgan fingerprint density at radius 2 is 1.83 bits per heavy atom. The van der Waals surface area contributed by atoms with Crippen LogP contribution in [-0.2, 0) is 0 Å². The molecule has 3 nitrogen and oxygen atoms in total. The van der Waals surface area contributed by atoms with Gasteiger partial charge in [-0.15, -0.1) is 0 Å². The van der Waals surface area contributed by atoms with Gasteiger partial charge in [-0.25, -0.2) is 4.98 Å². The number of anilines is 1. The van der Waals surface area contributed by atoms with Crippen LogP contribution in [-0.4, -0.2) is 15.9 Å². The van der Waals surface area contributed by atoms with Crippen molar-refractivity contribution < 1.29 is 0 Å². The van der Waals surface area contributed by atoms with Gasteiger partial charge >= 0.3 is 0 Å². The second-order valence-electron chi connectivity index (χ2n) is 7.55. The van der Waals surface area contributed by atoms with Crippen LogP contribution in [0.3, 0.4) is 0 Å². The lowest BCUT2D eigenvalue weighted by molar-refractivity contribution is 0.345. The summed E-state index contributed by atoms with van der Waals surface area (Å²) >= 11 is 0. The molecule has 2 aliphatic carbocycles. The number of nitrogens with zero attached hydrogens (tertiary/aromatic N) is 2. The molecule has 2 heterocycles. The molecule has 23 heavy (non-hydrogen) atoms. The van der Waals surface area contributed by atoms with Crippen LogP contribution in [0.15, 0.2) is 24.7 Å². The summed E-state index contributed by atoms with van der Waals surface area (Å²) < 4.78 is 2.20. The topological polar surface area (TPSA) is 29.3 Å². The quantitative estimate of drug-likeness (QED) is 0.804. The van der Waals surface area contributed by atoms with Crippen molar-refractivity contribution in [1.29, 1.82) is 0 Å². The van der Waals surface area contributed by atoms with Crippen LogP contribution < -0.4 is 5.32 Å². The van der Waals surface area contributed by atoms with E-state index in [1.165, 1.54) is 75.5 Å². The van der Waals surface area contributed by atoms with Gasteiger partial charge in [-0.3, -0.25) is 0 Å². The lowest BCUT2D eigenvalue weighted by atomic mass is 9.87. The molecule has 0 saturated heterocycles. The van der Waals surface area contributed by atoms with Gasteiger partial charge < -0.3 is 9.72 Å². The van der Waals surface area contributed by atoms with Gasteiger partial charge in [0.2, 0.25) is 0 Å². The number of aromatic nitrogens is 2. The standard InChI is InChI=1S/C20H29N3/c1-2-6-16(7-3-1)10-11-21-19-14-18(17-8-4-5-9-17)15-23-13-12-22-20(19)23/h12-17,21H,1-11H2. The summed E-state index contributed by atoms with van der Waals surface area (Å²) in [5.41, 5.74) is 3.80. The van der Waals surface area contributed by atoms with Crippen molar-refractivity contribution in [2.75, 3.05) is 11.9 Å². The Hall–Kier alpha value is -1.51. The van der Waals surface area contributed by atoms with E-state index < -0.39 is 0 Å². The fourth-order valence-electron chi connectivity index (χ4n) is 4.55. The predicted octanol–water partition coefficient (Wildman–Crippen LogP) is 5.37. The highest BCUT2D eigenvalue weighted by molar-refractivity contribution is 5.68. The number of rotatable bonds is 5. The number of fused-ring (bicyclic) bond motifs is 1. The minimum atomic E-state index is 0.751. The average Bonchev–Trinajstić information content (AvgIpc) is 3.27. The summed E-state index contributed by atoms with van der Waals surface area (Å²) in [7, 11) is 0. The highest BCUT2D eigenvalue weighted by Gasteiger charge is 2.19. The second-order valence-corrected chi connectivity index (χ2v) is 7.55. The Kier molecular flexibility index (Phi) is 4.54.